The molecule has 0 aliphatic rings. The van der Waals surface area contributed by atoms with Crippen molar-refractivity contribution < 1.29 is 17.9 Å². The summed E-state index contributed by atoms with van der Waals surface area (Å²) in [6.45, 7) is 0. The Hall–Kier alpha value is 1.06. The molecule has 0 aromatic carbocycles. The van der Waals surface area contributed by atoms with Crippen LogP contribution in [0, 0.1) is 0 Å². The van der Waals surface area contributed by atoms with E-state index in [1.54, 1.807) is 0 Å². The molecule has 0 spiro atoms. The van der Waals surface area contributed by atoms with Crippen LogP contribution in [0.25, 0.3) is 0 Å². The molecule has 34 valence electrons. The van der Waals surface area contributed by atoms with Crippen LogP contribution < -0.4 is 0 Å². The first-order valence-corrected chi connectivity index (χ1v) is 0.651. The van der Waals surface area contributed by atoms with Gasteiger partial charge < -0.3 is 13.1 Å². The van der Waals surface area contributed by atoms with E-state index in [9.17, 15) is 0 Å². The molecule has 0 rings (SSSR count). The molecule has 0 radical (unpaired) electrons. The third-order valence-electron chi connectivity index (χ3n) is 0. The number of hydrogen-bond donors (Lipinski definition) is 2. The van der Waals surface area contributed by atoms with Crippen molar-refractivity contribution in [2.45, 2.75) is 0 Å². The fourth-order valence-electron chi connectivity index (χ4n) is 0. The Bertz CT molecular complexity index is 40.3. The third-order valence-corrected chi connectivity index (χ3v) is 0. The average molecular weight is 134 g/mol. The van der Waals surface area contributed by atoms with Crippen LogP contribution in [0.3, 0.4) is 0 Å². The molecule has 0 aliphatic carbocycles. The van der Waals surface area contributed by atoms with E-state index in [0.717, 1.165) is 0 Å². The molecule has 0 saturated heterocycles. The Kier molecular flexibility index (Phi) is 24.7. The Morgan fingerprint density at radius 3 is 1.50 bits per heavy atom. The minimum Gasteiger partial charge on any atom is -1.00 e. The van der Waals surface area contributed by atoms with E-state index < -0.39 is 6.16 Å². The maximum atomic E-state index is 8.56. The molecule has 5 heteroatoms. The summed E-state index contributed by atoms with van der Waals surface area (Å²) in [6, 6.07) is 0. The Morgan fingerprint density at radius 2 is 1.50 bits per heavy atom. The second-order valence-electron chi connectivity index (χ2n) is 0.283. The van der Waals surface area contributed by atoms with Gasteiger partial charge in [-0.15, -0.1) is 0 Å². The van der Waals surface area contributed by atoms with Crippen LogP contribution in [0.4, 0.5) is 4.79 Å². The topological polar surface area (TPSA) is 57.5 Å². The first-order valence-electron chi connectivity index (χ1n) is 0.651. The van der Waals surface area contributed by atoms with Crippen molar-refractivity contribution in [3.63, 3.8) is 0 Å². The number of hydrogen-bond acceptors (Lipinski definition) is 1. The predicted molar refractivity (Wildman–Crippen MR) is 28.6 cm³/mol. The fraction of sp³-hybridized carbons (Fsp3) is 0. The molecule has 0 heterocycles. The van der Waals surface area contributed by atoms with Gasteiger partial charge in [-0.1, -0.05) is 0 Å². The van der Waals surface area contributed by atoms with Crippen LogP contribution in [0.5, 0.6) is 0 Å². The summed E-state index contributed by atoms with van der Waals surface area (Å²) >= 11 is 0. The predicted octanol–water partition coefficient (Wildman–Crippen LogP) is -1.12. The molecule has 6 heavy (non-hydrogen) atoms. The van der Waals surface area contributed by atoms with E-state index >= 15 is 0 Å². The van der Waals surface area contributed by atoms with Crippen LogP contribution in [-0.4, -0.2) is 71.5 Å². The van der Waals surface area contributed by atoms with Gasteiger partial charge in [0.15, 0.2) is 17.4 Å². The van der Waals surface area contributed by atoms with Gasteiger partial charge >= 0.3 is 43.9 Å². The summed E-state index contributed by atoms with van der Waals surface area (Å²) in [6.07, 6.45) is -1.83. The van der Waals surface area contributed by atoms with Crippen molar-refractivity contribution >= 4 is 61.3 Å². The van der Waals surface area contributed by atoms with Crippen LogP contribution in [0.2, 0.25) is 0 Å². The van der Waals surface area contributed by atoms with Crippen LogP contribution in [-0.2, 0) is 0 Å². The Labute approximate surface area is 78.4 Å². The zero-order valence-electron chi connectivity index (χ0n) is 4.51. The molecule has 0 aromatic rings. The fourth-order valence-corrected chi connectivity index (χ4v) is 0. The van der Waals surface area contributed by atoms with Gasteiger partial charge in [-0.05, 0) is 0 Å². The maximum absolute atomic E-state index is 8.56. The Morgan fingerprint density at radius 1 is 1.50 bits per heavy atom. The summed E-state index contributed by atoms with van der Waals surface area (Å²) in [7, 11) is 0. The van der Waals surface area contributed by atoms with Gasteiger partial charge in [0.2, 0.25) is 0 Å². The zero-order chi connectivity index (χ0) is 3.58. The maximum Gasteiger partial charge on any atom is 2.00 e. The molecule has 0 saturated carbocycles. The van der Waals surface area contributed by atoms with Crippen molar-refractivity contribution in [3.8, 4) is 0 Å². The normalized spacial score (nSPS) is 4.00. The van der Waals surface area contributed by atoms with Crippen LogP contribution in [0.1, 0.15) is 2.85 Å². The minimum atomic E-state index is -1.83. The van der Waals surface area contributed by atoms with Crippen LogP contribution in [0.15, 0.2) is 0 Å². The molecule has 0 atom stereocenters. The van der Waals surface area contributed by atoms with E-state index in [2.05, 4.69) is 0 Å². The quantitative estimate of drug-likeness (QED) is 0.413. The molecule has 0 bridgehead atoms. The van der Waals surface area contributed by atoms with Crippen molar-refractivity contribution in [3.05, 3.63) is 0 Å². The monoisotopic (exact) mass is 134 g/mol. The second kappa shape index (κ2) is 9.41. The molecule has 0 aliphatic heterocycles. The van der Waals surface area contributed by atoms with Crippen molar-refractivity contribution in [2.24, 2.45) is 0 Å². The molecule has 0 unspecified atom stereocenters. The van der Waals surface area contributed by atoms with Gasteiger partial charge in [0, 0.05) is 0 Å². The SMILES string of the molecule is O=C(O)O.[AlH3].[Ca+2].[H-].[H-]. The first-order chi connectivity index (χ1) is 1.73. The van der Waals surface area contributed by atoms with Crippen molar-refractivity contribution in [1.82, 2.24) is 0 Å². The van der Waals surface area contributed by atoms with Crippen molar-refractivity contribution in [2.75, 3.05) is 0 Å². The molecular weight excluding hydrogens is 127 g/mol. The summed E-state index contributed by atoms with van der Waals surface area (Å²) in [4.78, 5) is 8.56. The standard InChI is InChI=1S/CH2O3.Al.Ca.5H/c2-1(3)4;;;;;;;/h(H2,2,3,4);;;;;;;/q;;+2;;;;2*-1. The molecule has 0 fully saturated rings. The van der Waals surface area contributed by atoms with Crippen LogP contribution >= 0.6 is 0 Å². The number of rotatable bonds is 0. The zero-order valence-corrected chi connectivity index (χ0v) is 4.72. The first kappa shape index (κ1) is 15.7. The van der Waals surface area contributed by atoms with E-state index in [0.29, 0.717) is 0 Å². The third kappa shape index (κ3) is 74.0. The van der Waals surface area contributed by atoms with Gasteiger partial charge in [-0.25, -0.2) is 4.79 Å². The van der Waals surface area contributed by atoms with E-state index in [4.69, 9.17) is 15.0 Å². The van der Waals surface area contributed by atoms with Gasteiger partial charge in [0.1, 0.15) is 0 Å². The summed E-state index contributed by atoms with van der Waals surface area (Å²) < 4.78 is 0. The van der Waals surface area contributed by atoms with Gasteiger partial charge in [0.25, 0.3) is 0 Å². The average Bonchev–Trinajstić information content (AvgIpc) is 0.811. The summed E-state index contributed by atoms with van der Waals surface area (Å²) in [5.74, 6) is 0. The number of carboxylic acid groups (broad SMARTS) is 2. The minimum absolute atomic E-state index is 0. The molecule has 0 aromatic heterocycles. The second-order valence-corrected chi connectivity index (χ2v) is 0.283. The Balaban J connectivity index is -0.00000000750. The van der Waals surface area contributed by atoms with E-state index in [-0.39, 0.29) is 58.0 Å². The summed E-state index contributed by atoms with van der Waals surface area (Å²) in [5.41, 5.74) is 0. The number of carbonyl (C=O) groups is 1. The largest absolute Gasteiger partial charge is 2.00 e. The van der Waals surface area contributed by atoms with E-state index in [1.165, 1.54) is 0 Å². The van der Waals surface area contributed by atoms with Gasteiger partial charge in [-0.2, -0.15) is 0 Å². The van der Waals surface area contributed by atoms with E-state index in [1.807, 2.05) is 0 Å². The molecule has 0 amide bonds. The van der Waals surface area contributed by atoms with Crippen molar-refractivity contribution in [1.29, 1.82) is 0 Å². The molecule has 2 N–H and O–H groups in total. The van der Waals surface area contributed by atoms with Gasteiger partial charge in [0.05, 0.1) is 0 Å². The molecular formula is CH7AlCaO3. The summed E-state index contributed by atoms with van der Waals surface area (Å²) in [5, 5.41) is 13.9. The molecule has 3 nitrogen and oxygen atoms in total. The van der Waals surface area contributed by atoms with Gasteiger partial charge in [-0.3, -0.25) is 0 Å². The smallest absolute Gasteiger partial charge is 1.00 e.